The van der Waals surface area contributed by atoms with Gasteiger partial charge in [0.15, 0.2) is 0 Å². The molecule has 2 aromatic carbocycles. The highest BCUT2D eigenvalue weighted by Crippen LogP contribution is 2.24. The van der Waals surface area contributed by atoms with Crippen LogP contribution in [0.5, 0.6) is 5.75 Å². The number of ether oxygens (including phenoxy) is 1. The summed E-state index contributed by atoms with van der Waals surface area (Å²) < 4.78 is 6.82. The van der Waals surface area contributed by atoms with Crippen LogP contribution in [0.25, 0.3) is 11.0 Å². The summed E-state index contributed by atoms with van der Waals surface area (Å²) in [5.74, 6) is 0.960. The minimum absolute atomic E-state index is 0.0757. The van der Waals surface area contributed by atoms with E-state index in [9.17, 15) is 4.79 Å². The summed E-state index contributed by atoms with van der Waals surface area (Å²) in [4.78, 5) is 12.5. The summed E-state index contributed by atoms with van der Waals surface area (Å²) in [6.07, 6.45) is 0. The average Bonchev–Trinajstić information content (AvgIpc) is 3.03. The molecule has 3 rings (SSSR count). The van der Waals surface area contributed by atoms with Gasteiger partial charge in [-0.1, -0.05) is 43.3 Å². The van der Waals surface area contributed by atoms with Gasteiger partial charge in [-0.25, -0.2) is 4.68 Å². The van der Waals surface area contributed by atoms with Crippen LogP contribution in [0.3, 0.4) is 0 Å². The van der Waals surface area contributed by atoms with Gasteiger partial charge < -0.3 is 10.1 Å². The molecule has 1 atom stereocenters. The number of hydrogen-bond acceptors (Lipinski definition) is 4. The van der Waals surface area contributed by atoms with Gasteiger partial charge in [0.2, 0.25) is 5.91 Å². The van der Waals surface area contributed by atoms with Crippen molar-refractivity contribution in [2.45, 2.75) is 26.4 Å². The Balaban J connectivity index is 1.74. The molecule has 25 heavy (non-hydrogen) atoms. The molecule has 1 aromatic heterocycles. The lowest BCUT2D eigenvalue weighted by atomic mass is 9.96. The van der Waals surface area contributed by atoms with Crippen molar-refractivity contribution in [2.75, 3.05) is 7.11 Å². The number of carbonyl (C=O) groups is 1. The molecule has 1 amide bonds. The Kier molecular flexibility index (Phi) is 4.97. The molecule has 0 saturated heterocycles. The molecule has 0 saturated carbocycles. The molecule has 1 unspecified atom stereocenters. The number of nitrogens with one attached hydrogen (secondary N) is 1. The van der Waals surface area contributed by atoms with Gasteiger partial charge in [-0.05, 0) is 35.7 Å². The van der Waals surface area contributed by atoms with Gasteiger partial charge in [0.05, 0.1) is 18.7 Å². The molecule has 6 heteroatoms. The molecule has 130 valence electrons. The first-order valence-electron chi connectivity index (χ1n) is 8.30. The number of rotatable bonds is 6. The lowest BCUT2D eigenvalue weighted by molar-refractivity contribution is -0.122. The smallest absolute Gasteiger partial charge is 0.242 e. The van der Waals surface area contributed by atoms with E-state index in [2.05, 4.69) is 29.5 Å². The summed E-state index contributed by atoms with van der Waals surface area (Å²) in [6, 6.07) is 15.3. The van der Waals surface area contributed by atoms with Crippen molar-refractivity contribution in [3.63, 3.8) is 0 Å². The largest absolute Gasteiger partial charge is 0.497 e. The number of para-hydroxylation sites is 1. The third-order valence-corrected chi connectivity index (χ3v) is 4.17. The Hall–Kier alpha value is -2.89. The van der Waals surface area contributed by atoms with E-state index < -0.39 is 0 Å². The molecular formula is C19H22N4O2. The molecule has 3 aromatic rings. The normalized spacial score (nSPS) is 12.3. The van der Waals surface area contributed by atoms with E-state index >= 15 is 0 Å². The topological polar surface area (TPSA) is 69.0 Å². The molecular weight excluding hydrogens is 316 g/mol. The van der Waals surface area contributed by atoms with Crippen LogP contribution < -0.4 is 10.1 Å². The van der Waals surface area contributed by atoms with Crippen LogP contribution >= 0.6 is 0 Å². The number of methoxy groups -OCH3 is 1. The minimum Gasteiger partial charge on any atom is -0.497 e. The molecule has 0 radical (unpaired) electrons. The average molecular weight is 338 g/mol. The highest BCUT2D eigenvalue weighted by molar-refractivity contribution is 5.80. The fourth-order valence-corrected chi connectivity index (χ4v) is 2.84. The molecule has 0 aliphatic heterocycles. The van der Waals surface area contributed by atoms with Crippen LogP contribution in [-0.4, -0.2) is 28.0 Å². The van der Waals surface area contributed by atoms with Crippen LogP contribution in [-0.2, 0) is 11.3 Å². The van der Waals surface area contributed by atoms with Crippen molar-refractivity contribution in [1.82, 2.24) is 20.3 Å². The maximum absolute atomic E-state index is 12.5. The lowest BCUT2D eigenvalue weighted by Gasteiger charge is -2.23. The molecule has 1 heterocycles. The predicted octanol–water partition coefficient (Wildman–Crippen LogP) is 2.95. The zero-order valence-electron chi connectivity index (χ0n) is 14.6. The van der Waals surface area contributed by atoms with Crippen molar-refractivity contribution < 1.29 is 9.53 Å². The van der Waals surface area contributed by atoms with Crippen molar-refractivity contribution in [3.05, 3.63) is 54.1 Å². The Morgan fingerprint density at radius 1 is 1.16 bits per heavy atom. The van der Waals surface area contributed by atoms with E-state index in [1.807, 2.05) is 48.5 Å². The second kappa shape index (κ2) is 7.34. The van der Waals surface area contributed by atoms with E-state index in [-0.39, 0.29) is 24.4 Å². The zero-order valence-corrected chi connectivity index (χ0v) is 14.6. The monoisotopic (exact) mass is 338 g/mol. The molecule has 0 bridgehead atoms. The van der Waals surface area contributed by atoms with Gasteiger partial charge in [0, 0.05) is 0 Å². The van der Waals surface area contributed by atoms with Gasteiger partial charge in [-0.2, -0.15) is 0 Å². The van der Waals surface area contributed by atoms with Gasteiger partial charge in [0.25, 0.3) is 0 Å². The summed E-state index contributed by atoms with van der Waals surface area (Å²) in [6.45, 7) is 4.31. The van der Waals surface area contributed by atoms with E-state index in [1.165, 1.54) is 0 Å². The summed E-state index contributed by atoms with van der Waals surface area (Å²) in [7, 11) is 1.64. The van der Waals surface area contributed by atoms with Crippen LogP contribution in [0.2, 0.25) is 0 Å². The van der Waals surface area contributed by atoms with E-state index in [1.54, 1.807) is 11.8 Å². The van der Waals surface area contributed by atoms with Crippen molar-refractivity contribution >= 4 is 16.9 Å². The fraction of sp³-hybridized carbons (Fsp3) is 0.316. The second-order valence-electron chi connectivity index (χ2n) is 6.30. The first kappa shape index (κ1) is 17.0. The Morgan fingerprint density at radius 2 is 1.88 bits per heavy atom. The zero-order chi connectivity index (χ0) is 17.8. The minimum atomic E-state index is -0.0924. The Bertz CT molecular complexity index is 855. The van der Waals surface area contributed by atoms with Gasteiger partial charge in [0.1, 0.15) is 17.8 Å². The van der Waals surface area contributed by atoms with E-state index in [4.69, 9.17) is 4.74 Å². The quantitative estimate of drug-likeness (QED) is 0.750. The third-order valence-electron chi connectivity index (χ3n) is 4.17. The van der Waals surface area contributed by atoms with Crippen LogP contribution in [0, 0.1) is 5.92 Å². The first-order valence-corrected chi connectivity index (χ1v) is 8.30. The van der Waals surface area contributed by atoms with E-state index in [0.29, 0.717) is 0 Å². The number of aromatic nitrogens is 3. The van der Waals surface area contributed by atoms with E-state index in [0.717, 1.165) is 22.3 Å². The Morgan fingerprint density at radius 3 is 2.56 bits per heavy atom. The van der Waals surface area contributed by atoms with Gasteiger partial charge in [-0.3, -0.25) is 4.79 Å². The van der Waals surface area contributed by atoms with Crippen LogP contribution in [0.15, 0.2) is 48.5 Å². The fourth-order valence-electron chi connectivity index (χ4n) is 2.84. The number of fused-ring (bicyclic) bond motifs is 1. The highest BCUT2D eigenvalue weighted by Gasteiger charge is 2.19. The number of carbonyl (C=O) groups excluding carboxylic acids is 1. The highest BCUT2D eigenvalue weighted by atomic mass is 16.5. The van der Waals surface area contributed by atoms with Gasteiger partial charge in [-0.15, -0.1) is 5.10 Å². The lowest BCUT2D eigenvalue weighted by Crippen LogP contribution is -2.34. The van der Waals surface area contributed by atoms with Crippen LogP contribution in [0.4, 0.5) is 0 Å². The third kappa shape index (κ3) is 3.79. The number of nitrogens with zero attached hydrogens (tertiary/aromatic N) is 3. The second-order valence-corrected chi connectivity index (χ2v) is 6.30. The van der Waals surface area contributed by atoms with Crippen molar-refractivity contribution in [3.8, 4) is 5.75 Å². The summed E-state index contributed by atoms with van der Waals surface area (Å²) >= 11 is 0. The summed E-state index contributed by atoms with van der Waals surface area (Å²) in [5.41, 5.74) is 2.68. The maximum Gasteiger partial charge on any atom is 0.242 e. The van der Waals surface area contributed by atoms with Crippen molar-refractivity contribution in [1.29, 1.82) is 0 Å². The number of benzene rings is 2. The maximum atomic E-state index is 12.5. The first-order chi connectivity index (χ1) is 12.1. The summed E-state index contributed by atoms with van der Waals surface area (Å²) in [5, 5.41) is 11.3. The SMILES string of the molecule is COc1ccc(C(NC(=O)Cn2nnc3ccccc32)C(C)C)cc1. The molecule has 0 aliphatic carbocycles. The molecule has 0 aliphatic rings. The molecule has 0 fully saturated rings. The standard InChI is InChI=1S/C19H22N4O2/c1-13(2)19(14-8-10-15(25-3)11-9-14)20-18(24)12-23-17-7-5-4-6-16(17)21-22-23/h4-11,13,19H,12H2,1-3H3,(H,20,24). The van der Waals surface area contributed by atoms with Gasteiger partial charge >= 0.3 is 0 Å². The molecule has 6 nitrogen and oxygen atoms in total. The Labute approximate surface area is 146 Å². The molecule has 1 N–H and O–H groups in total. The van der Waals surface area contributed by atoms with Crippen LogP contribution in [0.1, 0.15) is 25.5 Å². The number of amides is 1. The number of hydrogen-bond donors (Lipinski definition) is 1. The molecule has 0 spiro atoms. The van der Waals surface area contributed by atoms with Crippen molar-refractivity contribution in [2.24, 2.45) is 5.92 Å². The predicted molar refractivity (Wildman–Crippen MR) is 96.2 cm³/mol.